The Morgan fingerprint density at radius 1 is 1.60 bits per heavy atom. The first-order valence-corrected chi connectivity index (χ1v) is 5.56. The summed E-state index contributed by atoms with van der Waals surface area (Å²) in [6.45, 7) is 4.90. The molecule has 1 aliphatic heterocycles. The lowest BCUT2D eigenvalue weighted by atomic mass is 10.0. The van der Waals surface area contributed by atoms with Crippen molar-refractivity contribution in [2.45, 2.75) is 26.3 Å². The van der Waals surface area contributed by atoms with E-state index < -0.39 is 0 Å². The lowest BCUT2D eigenvalue weighted by Crippen LogP contribution is -2.35. The van der Waals surface area contributed by atoms with Gasteiger partial charge in [0.1, 0.15) is 11.6 Å². The first-order chi connectivity index (χ1) is 7.29. The van der Waals surface area contributed by atoms with Crippen molar-refractivity contribution in [3.8, 4) is 0 Å². The van der Waals surface area contributed by atoms with Crippen LogP contribution in [-0.4, -0.2) is 23.1 Å². The first-order valence-electron chi connectivity index (χ1n) is 5.56. The summed E-state index contributed by atoms with van der Waals surface area (Å²) in [5.41, 5.74) is 5.53. The van der Waals surface area contributed by atoms with Gasteiger partial charge < -0.3 is 10.6 Å². The molecule has 0 aliphatic carbocycles. The van der Waals surface area contributed by atoms with Gasteiger partial charge in [0.2, 0.25) is 0 Å². The number of piperidine rings is 1. The molecule has 0 amide bonds. The molecule has 0 radical (unpaired) electrons. The van der Waals surface area contributed by atoms with E-state index in [2.05, 4.69) is 21.8 Å². The summed E-state index contributed by atoms with van der Waals surface area (Å²) in [6, 6.07) is 1.97. The molecule has 2 heterocycles. The van der Waals surface area contributed by atoms with Crippen molar-refractivity contribution in [1.82, 2.24) is 9.97 Å². The molecule has 0 spiro atoms. The second-order valence-corrected chi connectivity index (χ2v) is 4.23. The van der Waals surface area contributed by atoms with Gasteiger partial charge in [-0.3, -0.25) is 0 Å². The van der Waals surface area contributed by atoms with Crippen LogP contribution in [0.2, 0.25) is 0 Å². The smallest absolute Gasteiger partial charge is 0.144 e. The number of nitrogens with two attached hydrogens (primary N) is 1. The zero-order chi connectivity index (χ0) is 10.7. The van der Waals surface area contributed by atoms with Crippen molar-refractivity contribution >= 4 is 5.82 Å². The number of hydrogen-bond donors (Lipinski definition) is 1. The van der Waals surface area contributed by atoms with Gasteiger partial charge in [-0.25, -0.2) is 9.97 Å². The van der Waals surface area contributed by atoms with E-state index in [9.17, 15) is 0 Å². The fourth-order valence-corrected chi connectivity index (χ4v) is 2.06. The summed E-state index contributed by atoms with van der Waals surface area (Å²) in [5, 5.41) is 0. The molecule has 1 aliphatic rings. The lowest BCUT2D eigenvalue weighted by Gasteiger charge is -2.31. The molecule has 1 unspecified atom stereocenters. The Balaban J connectivity index is 2.13. The Kier molecular flexibility index (Phi) is 3.16. The van der Waals surface area contributed by atoms with E-state index in [4.69, 9.17) is 5.73 Å². The lowest BCUT2D eigenvalue weighted by molar-refractivity contribution is 0.444. The van der Waals surface area contributed by atoms with Crippen molar-refractivity contribution in [3.05, 3.63) is 18.1 Å². The molecule has 82 valence electrons. The molecule has 0 saturated carbocycles. The highest BCUT2D eigenvalue weighted by Gasteiger charge is 2.17. The first kappa shape index (κ1) is 10.4. The molecule has 1 fully saturated rings. The largest absolute Gasteiger partial charge is 0.356 e. The van der Waals surface area contributed by atoms with E-state index in [1.54, 1.807) is 6.20 Å². The number of nitrogens with zero attached hydrogens (tertiary/aromatic N) is 3. The topological polar surface area (TPSA) is 55.0 Å². The van der Waals surface area contributed by atoms with Crippen molar-refractivity contribution < 1.29 is 0 Å². The quantitative estimate of drug-likeness (QED) is 0.789. The third-order valence-corrected chi connectivity index (χ3v) is 2.85. The number of anilines is 1. The Hall–Kier alpha value is -1.16. The minimum atomic E-state index is 0.414. The minimum Gasteiger partial charge on any atom is -0.356 e. The van der Waals surface area contributed by atoms with Crippen molar-refractivity contribution in [2.24, 2.45) is 11.7 Å². The van der Waals surface area contributed by atoms with Crippen molar-refractivity contribution in [1.29, 1.82) is 0 Å². The highest BCUT2D eigenvalue weighted by atomic mass is 15.2. The van der Waals surface area contributed by atoms with Crippen LogP contribution >= 0.6 is 0 Å². The summed E-state index contributed by atoms with van der Waals surface area (Å²) in [6.07, 6.45) is 4.37. The highest BCUT2D eigenvalue weighted by Crippen LogP contribution is 2.20. The molecule has 2 rings (SSSR count). The molecule has 4 heteroatoms. The maximum Gasteiger partial charge on any atom is 0.144 e. The van der Waals surface area contributed by atoms with Crippen LogP contribution in [0.3, 0.4) is 0 Å². The average molecular weight is 206 g/mol. The second kappa shape index (κ2) is 4.57. The minimum absolute atomic E-state index is 0.414. The molecule has 2 N–H and O–H groups in total. The zero-order valence-electron chi connectivity index (χ0n) is 9.19. The van der Waals surface area contributed by atoms with Gasteiger partial charge in [-0.05, 0) is 24.8 Å². The second-order valence-electron chi connectivity index (χ2n) is 4.23. The van der Waals surface area contributed by atoms with Gasteiger partial charge in [0.15, 0.2) is 0 Å². The van der Waals surface area contributed by atoms with Crippen LogP contribution in [0.4, 0.5) is 5.82 Å². The Morgan fingerprint density at radius 3 is 3.20 bits per heavy atom. The monoisotopic (exact) mass is 206 g/mol. The molecular weight excluding hydrogens is 188 g/mol. The van der Waals surface area contributed by atoms with Crippen LogP contribution in [0.5, 0.6) is 0 Å². The molecule has 0 bridgehead atoms. The van der Waals surface area contributed by atoms with Crippen LogP contribution in [-0.2, 0) is 6.54 Å². The maximum atomic E-state index is 5.53. The normalized spacial score (nSPS) is 21.7. The fraction of sp³-hybridized carbons (Fsp3) is 0.636. The predicted octanol–water partition coefficient (Wildman–Crippen LogP) is 1.17. The number of rotatable bonds is 2. The van der Waals surface area contributed by atoms with Crippen molar-refractivity contribution in [3.63, 3.8) is 0 Å². The van der Waals surface area contributed by atoms with E-state index in [0.717, 1.165) is 30.6 Å². The molecule has 1 atom stereocenters. The van der Waals surface area contributed by atoms with Crippen molar-refractivity contribution in [2.75, 3.05) is 18.0 Å². The summed E-state index contributed by atoms with van der Waals surface area (Å²) >= 11 is 0. The van der Waals surface area contributed by atoms with Crippen LogP contribution < -0.4 is 10.6 Å². The van der Waals surface area contributed by atoms with Gasteiger partial charge in [0.25, 0.3) is 0 Å². The van der Waals surface area contributed by atoms with Gasteiger partial charge in [0, 0.05) is 19.3 Å². The molecule has 4 nitrogen and oxygen atoms in total. The molecule has 1 aromatic heterocycles. The van der Waals surface area contributed by atoms with E-state index in [-0.39, 0.29) is 0 Å². The SMILES string of the molecule is CC1CCCN(c2ccnc(CN)n2)C1. The standard InChI is InChI=1S/C11H18N4/c1-9-3-2-6-15(8-9)11-4-5-13-10(7-12)14-11/h4-5,9H,2-3,6-8,12H2,1H3. The molecular formula is C11H18N4. The molecule has 1 aromatic rings. The van der Waals surface area contributed by atoms with Gasteiger partial charge in [0.05, 0.1) is 6.54 Å². The van der Waals surface area contributed by atoms with Gasteiger partial charge in [-0.2, -0.15) is 0 Å². The third kappa shape index (κ3) is 2.45. The predicted molar refractivity (Wildman–Crippen MR) is 60.5 cm³/mol. The van der Waals surface area contributed by atoms with Crippen LogP contribution in [0, 0.1) is 5.92 Å². The van der Waals surface area contributed by atoms with E-state index in [1.165, 1.54) is 12.8 Å². The van der Waals surface area contributed by atoms with E-state index in [0.29, 0.717) is 6.54 Å². The number of aromatic nitrogens is 2. The average Bonchev–Trinajstić information content (AvgIpc) is 2.29. The Labute approximate surface area is 90.5 Å². The fourth-order valence-electron chi connectivity index (χ4n) is 2.06. The summed E-state index contributed by atoms with van der Waals surface area (Å²) in [4.78, 5) is 10.9. The van der Waals surface area contributed by atoms with E-state index in [1.807, 2.05) is 6.07 Å². The van der Waals surface area contributed by atoms with Crippen LogP contribution in [0.15, 0.2) is 12.3 Å². The number of hydrogen-bond acceptors (Lipinski definition) is 4. The van der Waals surface area contributed by atoms with Gasteiger partial charge >= 0.3 is 0 Å². The van der Waals surface area contributed by atoms with Crippen LogP contribution in [0.25, 0.3) is 0 Å². The van der Waals surface area contributed by atoms with Crippen LogP contribution in [0.1, 0.15) is 25.6 Å². The molecule has 15 heavy (non-hydrogen) atoms. The van der Waals surface area contributed by atoms with Gasteiger partial charge in [-0.1, -0.05) is 6.92 Å². The Morgan fingerprint density at radius 2 is 2.47 bits per heavy atom. The molecule has 0 aromatic carbocycles. The highest BCUT2D eigenvalue weighted by molar-refractivity contribution is 5.37. The van der Waals surface area contributed by atoms with E-state index >= 15 is 0 Å². The van der Waals surface area contributed by atoms with Gasteiger partial charge in [-0.15, -0.1) is 0 Å². The zero-order valence-corrected chi connectivity index (χ0v) is 9.19. The summed E-state index contributed by atoms with van der Waals surface area (Å²) in [7, 11) is 0. The summed E-state index contributed by atoms with van der Waals surface area (Å²) < 4.78 is 0. The Bertz CT molecular complexity index is 326. The summed E-state index contributed by atoms with van der Waals surface area (Å²) in [5.74, 6) is 2.51. The third-order valence-electron chi connectivity index (χ3n) is 2.85. The maximum absolute atomic E-state index is 5.53. The molecule has 1 saturated heterocycles.